The van der Waals surface area contributed by atoms with Crippen LogP contribution in [0.15, 0.2) is 0 Å². The van der Waals surface area contributed by atoms with E-state index in [4.69, 9.17) is 4.74 Å². The molecule has 3 nitrogen and oxygen atoms in total. The van der Waals surface area contributed by atoms with Gasteiger partial charge < -0.3 is 9.47 Å². The van der Waals surface area contributed by atoms with Crippen molar-refractivity contribution in [3.8, 4) is 0 Å². The molecule has 0 saturated carbocycles. The van der Waals surface area contributed by atoms with Crippen LogP contribution in [0.3, 0.4) is 0 Å². The Labute approximate surface area is 61.3 Å². The molecule has 0 spiro atoms. The van der Waals surface area contributed by atoms with Crippen molar-refractivity contribution in [1.82, 2.24) is 0 Å². The standard InChI is InChI=1S/C7H14O3/c1-6(9-2)4-5-7(8)10-3/h6H,4-5H2,1-3H3/t6-/m0/s1. The fourth-order valence-corrected chi connectivity index (χ4v) is 0.541. The molecular formula is C7H14O3. The Morgan fingerprint density at radius 2 is 2.10 bits per heavy atom. The second kappa shape index (κ2) is 5.23. The first kappa shape index (κ1) is 9.43. The maximum Gasteiger partial charge on any atom is 0.305 e. The number of ether oxygens (including phenoxy) is 2. The normalized spacial score (nSPS) is 12.7. The van der Waals surface area contributed by atoms with E-state index in [1.807, 2.05) is 6.92 Å². The second-order valence-corrected chi connectivity index (χ2v) is 2.16. The highest BCUT2D eigenvalue weighted by molar-refractivity contribution is 5.69. The van der Waals surface area contributed by atoms with Crippen molar-refractivity contribution in [1.29, 1.82) is 0 Å². The SMILES string of the molecule is COC(=O)CC[C@H](C)OC. The topological polar surface area (TPSA) is 35.5 Å². The molecule has 0 bridgehead atoms. The number of methoxy groups -OCH3 is 2. The van der Waals surface area contributed by atoms with Gasteiger partial charge in [0.2, 0.25) is 0 Å². The van der Waals surface area contributed by atoms with Crippen LogP contribution >= 0.6 is 0 Å². The minimum Gasteiger partial charge on any atom is -0.469 e. The summed E-state index contributed by atoms with van der Waals surface area (Å²) in [4.78, 5) is 10.6. The van der Waals surface area contributed by atoms with Crippen LogP contribution in [0.25, 0.3) is 0 Å². The summed E-state index contributed by atoms with van der Waals surface area (Å²) in [6.07, 6.45) is 1.30. The van der Waals surface area contributed by atoms with Crippen LogP contribution in [0.5, 0.6) is 0 Å². The van der Waals surface area contributed by atoms with Crippen LogP contribution in [0, 0.1) is 0 Å². The van der Waals surface area contributed by atoms with E-state index in [0.717, 1.165) is 6.42 Å². The van der Waals surface area contributed by atoms with E-state index in [1.54, 1.807) is 7.11 Å². The summed E-state index contributed by atoms with van der Waals surface area (Å²) < 4.78 is 9.39. The lowest BCUT2D eigenvalue weighted by Gasteiger charge is -2.06. The van der Waals surface area contributed by atoms with E-state index in [0.29, 0.717) is 6.42 Å². The van der Waals surface area contributed by atoms with Crippen molar-refractivity contribution in [2.24, 2.45) is 0 Å². The van der Waals surface area contributed by atoms with Gasteiger partial charge in [-0.1, -0.05) is 0 Å². The van der Waals surface area contributed by atoms with E-state index in [-0.39, 0.29) is 12.1 Å². The minimum atomic E-state index is -0.177. The van der Waals surface area contributed by atoms with Crippen molar-refractivity contribution in [2.75, 3.05) is 14.2 Å². The maximum absolute atomic E-state index is 10.6. The lowest BCUT2D eigenvalue weighted by Crippen LogP contribution is -2.09. The van der Waals surface area contributed by atoms with Gasteiger partial charge in [0.05, 0.1) is 13.2 Å². The molecule has 0 heterocycles. The number of rotatable bonds is 4. The number of carbonyl (C=O) groups is 1. The van der Waals surface area contributed by atoms with Gasteiger partial charge in [-0.3, -0.25) is 4.79 Å². The summed E-state index contributed by atoms with van der Waals surface area (Å²) in [6, 6.07) is 0. The van der Waals surface area contributed by atoms with Gasteiger partial charge in [-0.05, 0) is 13.3 Å². The zero-order valence-corrected chi connectivity index (χ0v) is 6.72. The molecule has 0 saturated heterocycles. The van der Waals surface area contributed by atoms with Gasteiger partial charge in [-0.15, -0.1) is 0 Å². The third kappa shape index (κ3) is 4.32. The van der Waals surface area contributed by atoms with E-state index in [1.165, 1.54) is 7.11 Å². The van der Waals surface area contributed by atoms with Crippen LogP contribution in [0.2, 0.25) is 0 Å². The first-order valence-corrected chi connectivity index (χ1v) is 3.30. The second-order valence-electron chi connectivity index (χ2n) is 2.16. The molecule has 3 heteroatoms. The Bertz CT molecular complexity index is 101. The monoisotopic (exact) mass is 146 g/mol. The molecule has 0 rings (SSSR count). The van der Waals surface area contributed by atoms with Crippen LogP contribution in [0.4, 0.5) is 0 Å². The lowest BCUT2D eigenvalue weighted by molar-refractivity contribution is -0.141. The summed E-state index contributed by atoms with van der Waals surface area (Å²) in [6.45, 7) is 1.92. The van der Waals surface area contributed by atoms with Gasteiger partial charge in [0, 0.05) is 13.5 Å². The molecule has 0 aromatic heterocycles. The molecule has 0 aromatic rings. The number of esters is 1. The van der Waals surface area contributed by atoms with Crippen LogP contribution in [0.1, 0.15) is 19.8 Å². The molecule has 1 atom stereocenters. The third-order valence-corrected chi connectivity index (χ3v) is 1.39. The van der Waals surface area contributed by atoms with E-state index < -0.39 is 0 Å². The van der Waals surface area contributed by atoms with E-state index >= 15 is 0 Å². The maximum atomic E-state index is 10.6. The quantitative estimate of drug-likeness (QED) is 0.554. The van der Waals surface area contributed by atoms with Crippen molar-refractivity contribution >= 4 is 5.97 Å². The summed E-state index contributed by atoms with van der Waals surface area (Å²) in [5, 5.41) is 0. The predicted octanol–water partition coefficient (Wildman–Crippen LogP) is 0.974. The van der Waals surface area contributed by atoms with E-state index in [9.17, 15) is 4.79 Å². The highest BCUT2D eigenvalue weighted by atomic mass is 16.5. The van der Waals surface area contributed by atoms with Crippen molar-refractivity contribution < 1.29 is 14.3 Å². The molecule has 10 heavy (non-hydrogen) atoms. The van der Waals surface area contributed by atoms with Crippen molar-refractivity contribution in [3.63, 3.8) is 0 Å². The highest BCUT2D eigenvalue weighted by Gasteiger charge is 2.04. The zero-order valence-electron chi connectivity index (χ0n) is 6.72. The molecule has 60 valence electrons. The minimum absolute atomic E-state index is 0.138. The van der Waals surface area contributed by atoms with Gasteiger partial charge in [-0.2, -0.15) is 0 Å². The highest BCUT2D eigenvalue weighted by Crippen LogP contribution is 2.00. The fraction of sp³-hybridized carbons (Fsp3) is 0.857. The van der Waals surface area contributed by atoms with Crippen LogP contribution < -0.4 is 0 Å². The largest absolute Gasteiger partial charge is 0.469 e. The molecular weight excluding hydrogens is 132 g/mol. The van der Waals surface area contributed by atoms with Gasteiger partial charge >= 0.3 is 5.97 Å². The lowest BCUT2D eigenvalue weighted by atomic mass is 10.2. The first-order chi connectivity index (χ1) is 4.70. The summed E-state index contributed by atoms with van der Waals surface area (Å²) >= 11 is 0. The summed E-state index contributed by atoms with van der Waals surface area (Å²) in [5.41, 5.74) is 0. The average molecular weight is 146 g/mol. The summed E-state index contributed by atoms with van der Waals surface area (Å²) in [5.74, 6) is -0.177. The molecule has 0 radical (unpaired) electrons. The van der Waals surface area contributed by atoms with Gasteiger partial charge in [0.25, 0.3) is 0 Å². The molecule has 0 aromatic carbocycles. The molecule has 0 aliphatic carbocycles. The molecule has 0 aliphatic heterocycles. The Morgan fingerprint density at radius 3 is 2.50 bits per heavy atom. The Kier molecular flexibility index (Phi) is 4.94. The predicted molar refractivity (Wildman–Crippen MR) is 37.7 cm³/mol. The van der Waals surface area contributed by atoms with E-state index in [2.05, 4.69) is 4.74 Å². The van der Waals surface area contributed by atoms with Gasteiger partial charge in [0.15, 0.2) is 0 Å². The molecule has 0 amide bonds. The Balaban J connectivity index is 3.26. The smallest absolute Gasteiger partial charge is 0.305 e. The van der Waals surface area contributed by atoms with Crippen LogP contribution in [-0.2, 0) is 14.3 Å². The Morgan fingerprint density at radius 1 is 1.50 bits per heavy atom. The summed E-state index contributed by atoms with van der Waals surface area (Å²) in [7, 11) is 3.02. The number of carbonyl (C=O) groups excluding carboxylic acids is 1. The first-order valence-electron chi connectivity index (χ1n) is 3.30. The molecule has 0 aliphatic rings. The fourth-order valence-electron chi connectivity index (χ4n) is 0.541. The van der Waals surface area contributed by atoms with Crippen LogP contribution in [-0.4, -0.2) is 26.3 Å². The number of hydrogen-bond acceptors (Lipinski definition) is 3. The average Bonchev–Trinajstić information content (AvgIpc) is 1.99. The Hall–Kier alpha value is -0.570. The number of hydrogen-bond donors (Lipinski definition) is 0. The van der Waals surface area contributed by atoms with Crippen molar-refractivity contribution in [2.45, 2.75) is 25.9 Å². The zero-order chi connectivity index (χ0) is 7.98. The molecule has 0 fully saturated rings. The molecule has 0 unspecified atom stereocenters. The molecule has 0 N–H and O–H groups in total. The van der Waals surface area contributed by atoms with Gasteiger partial charge in [-0.25, -0.2) is 0 Å². The third-order valence-electron chi connectivity index (χ3n) is 1.39. The van der Waals surface area contributed by atoms with Gasteiger partial charge in [0.1, 0.15) is 0 Å². The van der Waals surface area contributed by atoms with Crippen molar-refractivity contribution in [3.05, 3.63) is 0 Å².